The molecular formula is C74H144O17P2. The minimum Gasteiger partial charge on any atom is -0.462 e. The fourth-order valence-electron chi connectivity index (χ4n) is 11.3. The van der Waals surface area contributed by atoms with Gasteiger partial charge in [-0.15, -0.1) is 0 Å². The van der Waals surface area contributed by atoms with E-state index >= 15 is 0 Å². The van der Waals surface area contributed by atoms with Gasteiger partial charge in [-0.3, -0.25) is 37.3 Å². The molecule has 2 unspecified atom stereocenters. The average Bonchev–Trinajstić information content (AvgIpc) is 3.73. The van der Waals surface area contributed by atoms with Crippen molar-refractivity contribution in [2.45, 2.75) is 400 Å². The predicted octanol–water partition coefficient (Wildman–Crippen LogP) is 21.6. The Kier molecular flexibility index (Phi) is 64.6. The molecule has 0 aliphatic heterocycles. The Balaban J connectivity index is 5.25. The molecule has 0 bridgehead atoms. The molecule has 17 nitrogen and oxygen atoms in total. The molecular weight excluding hydrogens is 1220 g/mol. The predicted molar refractivity (Wildman–Crippen MR) is 377 cm³/mol. The van der Waals surface area contributed by atoms with Crippen LogP contribution in [-0.2, 0) is 65.4 Å². The largest absolute Gasteiger partial charge is 0.472 e. The van der Waals surface area contributed by atoms with Crippen molar-refractivity contribution in [3.63, 3.8) is 0 Å². The molecule has 5 atom stereocenters. The number of phosphoric ester groups is 2. The minimum absolute atomic E-state index is 0.107. The Bertz CT molecular complexity index is 1800. The van der Waals surface area contributed by atoms with E-state index in [9.17, 15) is 43.2 Å². The summed E-state index contributed by atoms with van der Waals surface area (Å²) in [7, 11) is -9.91. The van der Waals surface area contributed by atoms with Crippen molar-refractivity contribution < 1.29 is 80.2 Å². The summed E-state index contributed by atoms with van der Waals surface area (Å²) in [5, 5.41) is 10.6. The number of esters is 4. The lowest BCUT2D eigenvalue weighted by Gasteiger charge is -2.21. The number of unbranched alkanes of at least 4 members (excludes halogenated alkanes) is 43. The highest BCUT2D eigenvalue weighted by molar-refractivity contribution is 7.47. The summed E-state index contributed by atoms with van der Waals surface area (Å²) in [5.41, 5.74) is 0. The fourth-order valence-corrected chi connectivity index (χ4v) is 12.9. The first-order valence-corrected chi connectivity index (χ1v) is 41.5. The zero-order valence-electron chi connectivity index (χ0n) is 60.6. The van der Waals surface area contributed by atoms with E-state index in [1.807, 2.05) is 0 Å². The van der Waals surface area contributed by atoms with Crippen molar-refractivity contribution in [3.8, 4) is 0 Å². The number of rotatable bonds is 73. The van der Waals surface area contributed by atoms with Crippen molar-refractivity contribution in [2.24, 2.45) is 11.8 Å². The number of carbonyl (C=O) groups excluding carboxylic acids is 4. The van der Waals surface area contributed by atoms with Gasteiger partial charge in [-0.25, -0.2) is 9.13 Å². The van der Waals surface area contributed by atoms with Crippen molar-refractivity contribution in [2.75, 3.05) is 39.6 Å². The van der Waals surface area contributed by atoms with E-state index in [1.54, 1.807) is 0 Å². The molecule has 0 aromatic carbocycles. The maximum Gasteiger partial charge on any atom is 0.472 e. The van der Waals surface area contributed by atoms with Gasteiger partial charge in [0.25, 0.3) is 0 Å². The monoisotopic (exact) mass is 1370 g/mol. The maximum atomic E-state index is 13.1. The third-order valence-corrected chi connectivity index (χ3v) is 19.1. The Morgan fingerprint density at radius 2 is 0.495 bits per heavy atom. The molecule has 0 saturated heterocycles. The summed E-state index contributed by atoms with van der Waals surface area (Å²) in [5.74, 6) is -0.625. The Morgan fingerprint density at radius 1 is 0.290 bits per heavy atom. The molecule has 3 N–H and O–H groups in total. The van der Waals surface area contributed by atoms with Crippen molar-refractivity contribution >= 4 is 39.5 Å². The Morgan fingerprint density at radius 3 is 0.731 bits per heavy atom. The van der Waals surface area contributed by atoms with Crippen LogP contribution in [0.5, 0.6) is 0 Å². The molecule has 0 rings (SSSR count). The molecule has 0 fully saturated rings. The zero-order valence-corrected chi connectivity index (χ0v) is 62.3. The van der Waals surface area contributed by atoms with Crippen LogP contribution in [0.1, 0.15) is 382 Å². The summed E-state index contributed by atoms with van der Waals surface area (Å²) in [6.07, 6.45) is 52.7. The number of phosphoric acid groups is 2. The molecule has 0 heterocycles. The van der Waals surface area contributed by atoms with Crippen LogP contribution in [-0.4, -0.2) is 96.7 Å². The fraction of sp³-hybridized carbons (Fsp3) is 0.946. The number of ether oxygens (including phenoxy) is 4. The van der Waals surface area contributed by atoms with Gasteiger partial charge in [0.1, 0.15) is 19.3 Å². The topological polar surface area (TPSA) is 237 Å². The van der Waals surface area contributed by atoms with E-state index in [2.05, 4.69) is 41.5 Å². The van der Waals surface area contributed by atoms with Gasteiger partial charge in [0.2, 0.25) is 0 Å². The summed E-state index contributed by atoms with van der Waals surface area (Å²) < 4.78 is 68.4. The highest BCUT2D eigenvalue weighted by atomic mass is 31.2. The number of aliphatic hydroxyl groups is 1. The van der Waals surface area contributed by atoms with Crippen LogP contribution in [0.15, 0.2) is 0 Å². The van der Waals surface area contributed by atoms with E-state index in [1.165, 1.54) is 193 Å². The summed E-state index contributed by atoms with van der Waals surface area (Å²) in [6.45, 7) is 9.55. The first-order chi connectivity index (χ1) is 44.9. The van der Waals surface area contributed by atoms with E-state index in [0.29, 0.717) is 31.6 Å². The molecule has 0 aromatic heterocycles. The smallest absolute Gasteiger partial charge is 0.462 e. The van der Waals surface area contributed by atoms with E-state index < -0.39 is 97.5 Å². The van der Waals surface area contributed by atoms with Crippen LogP contribution < -0.4 is 0 Å². The van der Waals surface area contributed by atoms with Gasteiger partial charge >= 0.3 is 39.5 Å². The number of aliphatic hydroxyl groups excluding tert-OH is 1. The first kappa shape index (κ1) is 91.1. The van der Waals surface area contributed by atoms with Crippen molar-refractivity contribution in [1.82, 2.24) is 0 Å². The molecule has 19 heteroatoms. The average molecular weight is 1370 g/mol. The standard InChI is InChI=1S/C74H144O17P2/c1-7-9-11-13-15-17-19-21-22-25-29-32-38-44-50-56-71(76)84-62-69(90-74(79)59-53-47-40-34-30-26-23-24-27-31-36-42-48-54-66(3)4)64-88-92(80,81)86-60-68(75)61-87-93(82,83)89-65-70(63-85-72(77)57-51-45-41-35-37-43-49-55-67(5)6)91-73(78)58-52-46-39-33-28-20-18-16-14-12-10-8-2/h66-70,75H,7-65H2,1-6H3,(H,80,81)(H,82,83)/t68-,69-,70-/m1/s1. The Hall–Kier alpha value is -1.94. The number of carbonyl (C=O) groups is 4. The van der Waals surface area contributed by atoms with Crippen molar-refractivity contribution in [1.29, 1.82) is 0 Å². The van der Waals surface area contributed by atoms with Crippen LogP contribution in [0.4, 0.5) is 0 Å². The van der Waals surface area contributed by atoms with E-state index in [-0.39, 0.29) is 25.7 Å². The van der Waals surface area contributed by atoms with Gasteiger partial charge in [0.05, 0.1) is 26.4 Å². The lowest BCUT2D eigenvalue weighted by molar-refractivity contribution is -0.161. The van der Waals surface area contributed by atoms with Crippen LogP contribution >= 0.6 is 15.6 Å². The number of hydrogen-bond acceptors (Lipinski definition) is 15. The normalized spacial score (nSPS) is 14.1. The Labute approximate surface area is 568 Å². The highest BCUT2D eigenvalue weighted by Gasteiger charge is 2.30. The second kappa shape index (κ2) is 66.0. The molecule has 0 radical (unpaired) electrons. The molecule has 0 spiro atoms. The lowest BCUT2D eigenvalue weighted by Crippen LogP contribution is -2.30. The summed E-state index contributed by atoms with van der Waals surface area (Å²) >= 11 is 0. The summed E-state index contributed by atoms with van der Waals surface area (Å²) in [4.78, 5) is 72.7. The van der Waals surface area contributed by atoms with Gasteiger partial charge in [-0.1, -0.05) is 330 Å². The van der Waals surface area contributed by atoms with Crippen LogP contribution in [0.2, 0.25) is 0 Å². The second-order valence-corrected chi connectivity index (χ2v) is 30.5. The van der Waals surface area contributed by atoms with Crippen molar-refractivity contribution in [3.05, 3.63) is 0 Å². The highest BCUT2D eigenvalue weighted by Crippen LogP contribution is 2.45. The molecule has 0 aliphatic rings. The molecule has 552 valence electrons. The van der Waals surface area contributed by atoms with Gasteiger partial charge < -0.3 is 33.8 Å². The first-order valence-electron chi connectivity index (χ1n) is 38.5. The third-order valence-electron chi connectivity index (χ3n) is 17.2. The quantitative estimate of drug-likeness (QED) is 0.0222. The molecule has 0 saturated carbocycles. The van der Waals surface area contributed by atoms with Gasteiger partial charge in [0, 0.05) is 25.7 Å². The van der Waals surface area contributed by atoms with E-state index in [4.69, 9.17) is 37.0 Å². The third kappa shape index (κ3) is 68.4. The molecule has 0 amide bonds. The van der Waals surface area contributed by atoms with E-state index in [0.717, 1.165) is 102 Å². The SMILES string of the molecule is CCCCCCCCCCCCCCCCCC(=O)OC[C@H](COP(=O)(O)OC[C@@H](O)COP(=O)(O)OC[C@@H](COC(=O)CCCCCCCCCC(C)C)OC(=O)CCCCCCCCCCCCCC)OC(=O)CCCCCCCCCCCCCCCC(C)C. The lowest BCUT2D eigenvalue weighted by atomic mass is 10.0. The molecule has 0 aromatic rings. The molecule has 0 aliphatic carbocycles. The second-order valence-electron chi connectivity index (χ2n) is 27.6. The van der Waals surface area contributed by atoms with Crippen LogP contribution in [0, 0.1) is 11.8 Å². The molecule has 93 heavy (non-hydrogen) atoms. The van der Waals surface area contributed by atoms with Gasteiger partial charge in [-0.05, 0) is 37.5 Å². The summed E-state index contributed by atoms with van der Waals surface area (Å²) in [6, 6.07) is 0. The van der Waals surface area contributed by atoms with Gasteiger partial charge in [0.15, 0.2) is 12.2 Å². The van der Waals surface area contributed by atoms with Crippen LogP contribution in [0.25, 0.3) is 0 Å². The minimum atomic E-state index is -4.96. The zero-order chi connectivity index (χ0) is 68.6. The van der Waals surface area contributed by atoms with Crippen LogP contribution in [0.3, 0.4) is 0 Å². The van der Waals surface area contributed by atoms with Gasteiger partial charge in [-0.2, -0.15) is 0 Å². The number of hydrogen-bond donors (Lipinski definition) is 3. The maximum absolute atomic E-state index is 13.1.